The van der Waals surface area contributed by atoms with Crippen LogP contribution in [0, 0.1) is 0 Å². The average molecular weight is 197 g/mol. The lowest BCUT2D eigenvalue weighted by atomic mass is 10.2. The van der Waals surface area contributed by atoms with E-state index in [4.69, 9.17) is 4.42 Å². The molecule has 15 heavy (non-hydrogen) atoms. The fourth-order valence-electron chi connectivity index (χ4n) is 1.81. The summed E-state index contributed by atoms with van der Waals surface area (Å²) in [6.45, 7) is 0.859. The van der Waals surface area contributed by atoms with Crippen LogP contribution in [-0.2, 0) is 6.54 Å². The molecule has 0 spiro atoms. The van der Waals surface area contributed by atoms with Crippen molar-refractivity contribution in [2.24, 2.45) is 0 Å². The Morgan fingerprint density at radius 2 is 1.87 bits per heavy atom. The third kappa shape index (κ3) is 1.44. The van der Waals surface area contributed by atoms with Crippen LogP contribution in [0.25, 0.3) is 11.1 Å². The largest absolute Gasteiger partial charge is 0.448 e. The Morgan fingerprint density at radius 3 is 2.73 bits per heavy atom. The quantitative estimate of drug-likeness (QED) is 0.616. The van der Waals surface area contributed by atoms with E-state index in [1.54, 1.807) is 6.26 Å². The van der Waals surface area contributed by atoms with Gasteiger partial charge in [-0.25, -0.2) is 0 Å². The molecule has 0 aliphatic carbocycles. The molecule has 2 heteroatoms. The van der Waals surface area contributed by atoms with Gasteiger partial charge in [0, 0.05) is 11.6 Å². The van der Waals surface area contributed by atoms with Crippen molar-refractivity contribution in [1.82, 2.24) is 4.57 Å². The standard InChI is InChI=1S/C13H11NO/c1-2-4-11(5-3-1)10-14-8-6-12-7-9-15-13(12)14/h1-9H,10H2. The van der Waals surface area contributed by atoms with E-state index in [1.807, 2.05) is 12.1 Å². The summed E-state index contributed by atoms with van der Waals surface area (Å²) < 4.78 is 7.54. The highest BCUT2D eigenvalue weighted by Crippen LogP contribution is 2.17. The molecule has 0 atom stereocenters. The molecule has 0 amide bonds. The monoisotopic (exact) mass is 197 g/mol. The molecule has 0 N–H and O–H groups in total. The summed E-state index contributed by atoms with van der Waals surface area (Å²) in [6.07, 6.45) is 3.79. The molecular weight excluding hydrogens is 186 g/mol. The van der Waals surface area contributed by atoms with Crippen molar-refractivity contribution < 1.29 is 4.42 Å². The van der Waals surface area contributed by atoms with Crippen LogP contribution >= 0.6 is 0 Å². The van der Waals surface area contributed by atoms with E-state index < -0.39 is 0 Å². The van der Waals surface area contributed by atoms with Crippen LogP contribution in [0.2, 0.25) is 0 Å². The van der Waals surface area contributed by atoms with Crippen LogP contribution in [0.4, 0.5) is 0 Å². The zero-order chi connectivity index (χ0) is 10.1. The van der Waals surface area contributed by atoms with Crippen molar-refractivity contribution in [2.75, 3.05) is 0 Å². The third-order valence-electron chi connectivity index (χ3n) is 2.56. The van der Waals surface area contributed by atoms with Gasteiger partial charge in [0.2, 0.25) is 5.71 Å². The van der Waals surface area contributed by atoms with Crippen molar-refractivity contribution in [3.05, 3.63) is 60.5 Å². The van der Waals surface area contributed by atoms with Gasteiger partial charge in [0.05, 0.1) is 12.8 Å². The van der Waals surface area contributed by atoms with Gasteiger partial charge >= 0.3 is 0 Å². The molecule has 3 aromatic rings. The molecule has 1 aromatic carbocycles. The molecule has 0 aliphatic heterocycles. The first-order valence-electron chi connectivity index (χ1n) is 5.00. The van der Waals surface area contributed by atoms with Gasteiger partial charge < -0.3 is 8.98 Å². The van der Waals surface area contributed by atoms with Crippen molar-refractivity contribution in [3.8, 4) is 0 Å². The first kappa shape index (κ1) is 8.36. The van der Waals surface area contributed by atoms with E-state index in [-0.39, 0.29) is 0 Å². The maximum absolute atomic E-state index is 5.42. The lowest BCUT2D eigenvalue weighted by molar-refractivity contribution is 0.575. The van der Waals surface area contributed by atoms with Crippen LogP contribution in [-0.4, -0.2) is 4.57 Å². The molecule has 0 radical (unpaired) electrons. The van der Waals surface area contributed by atoms with Gasteiger partial charge in [0.1, 0.15) is 0 Å². The summed E-state index contributed by atoms with van der Waals surface area (Å²) in [5, 5.41) is 1.16. The average Bonchev–Trinajstić information content (AvgIpc) is 2.85. The maximum Gasteiger partial charge on any atom is 0.206 e. The lowest BCUT2D eigenvalue weighted by Gasteiger charge is -2.02. The molecule has 0 unspecified atom stereocenters. The van der Waals surface area contributed by atoms with Crippen molar-refractivity contribution >= 4 is 11.1 Å². The zero-order valence-electron chi connectivity index (χ0n) is 8.26. The minimum Gasteiger partial charge on any atom is -0.448 e. The fraction of sp³-hybridized carbons (Fsp3) is 0.0769. The molecule has 2 nitrogen and oxygen atoms in total. The van der Waals surface area contributed by atoms with Gasteiger partial charge in [-0.1, -0.05) is 30.3 Å². The summed E-state index contributed by atoms with van der Waals surface area (Å²) in [5.74, 6) is 0. The predicted octanol–water partition coefficient (Wildman–Crippen LogP) is 3.28. The third-order valence-corrected chi connectivity index (χ3v) is 2.56. The topological polar surface area (TPSA) is 18.1 Å². The second-order valence-electron chi connectivity index (χ2n) is 3.61. The Bertz CT molecular complexity index is 562. The Morgan fingerprint density at radius 1 is 1.00 bits per heavy atom. The highest BCUT2D eigenvalue weighted by atomic mass is 16.3. The van der Waals surface area contributed by atoms with Crippen LogP contribution in [0.5, 0.6) is 0 Å². The Kier molecular flexibility index (Phi) is 1.85. The van der Waals surface area contributed by atoms with E-state index in [2.05, 4.69) is 41.1 Å². The summed E-state index contributed by atoms with van der Waals surface area (Å²) in [5.41, 5.74) is 2.23. The van der Waals surface area contributed by atoms with Gasteiger partial charge in [-0.3, -0.25) is 0 Å². The van der Waals surface area contributed by atoms with Crippen molar-refractivity contribution in [3.63, 3.8) is 0 Å². The first-order valence-corrected chi connectivity index (χ1v) is 5.00. The number of aromatic nitrogens is 1. The SMILES string of the molecule is c1ccc(Cn2ccc3ccoc32)cc1. The highest BCUT2D eigenvalue weighted by molar-refractivity contribution is 5.74. The Hall–Kier alpha value is -1.96. The van der Waals surface area contributed by atoms with Crippen LogP contribution in [0.15, 0.2) is 59.3 Å². The Balaban J connectivity index is 1.99. The molecule has 0 fully saturated rings. The Labute approximate surface area is 87.7 Å². The number of hydrogen-bond acceptors (Lipinski definition) is 1. The molecule has 3 rings (SSSR count). The van der Waals surface area contributed by atoms with Gasteiger partial charge in [-0.05, 0) is 17.7 Å². The second kappa shape index (κ2) is 3.31. The van der Waals surface area contributed by atoms with Crippen molar-refractivity contribution in [1.29, 1.82) is 0 Å². The number of benzene rings is 1. The summed E-state index contributed by atoms with van der Waals surface area (Å²) in [4.78, 5) is 0. The number of hydrogen-bond donors (Lipinski definition) is 0. The number of furan rings is 1. The van der Waals surface area contributed by atoms with E-state index in [9.17, 15) is 0 Å². The van der Waals surface area contributed by atoms with Gasteiger partial charge in [0.25, 0.3) is 0 Å². The molecule has 74 valence electrons. The van der Waals surface area contributed by atoms with Crippen LogP contribution in [0.3, 0.4) is 0 Å². The highest BCUT2D eigenvalue weighted by Gasteiger charge is 2.03. The minimum atomic E-state index is 0.859. The molecule has 0 saturated carbocycles. The van der Waals surface area contributed by atoms with Gasteiger partial charge in [-0.15, -0.1) is 0 Å². The predicted molar refractivity (Wildman–Crippen MR) is 59.7 cm³/mol. The van der Waals surface area contributed by atoms with Gasteiger partial charge in [-0.2, -0.15) is 0 Å². The second-order valence-corrected chi connectivity index (χ2v) is 3.61. The van der Waals surface area contributed by atoms with Crippen LogP contribution in [0.1, 0.15) is 5.56 Å². The van der Waals surface area contributed by atoms with Crippen LogP contribution < -0.4 is 0 Å². The normalized spacial score (nSPS) is 10.9. The molecule has 2 aromatic heterocycles. The first-order chi connectivity index (χ1) is 7.43. The summed E-state index contributed by atoms with van der Waals surface area (Å²) in [6, 6.07) is 14.4. The smallest absolute Gasteiger partial charge is 0.206 e. The lowest BCUT2D eigenvalue weighted by Crippen LogP contribution is -1.96. The van der Waals surface area contributed by atoms with Crippen molar-refractivity contribution in [2.45, 2.75) is 6.54 Å². The van der Waals surface area contributed by atoms with E-state index >= 15 is 0 Å². The molecule has 0 aliphatic rings. The molecule has 0 saturated heterocycles. The number of rotatable bonds is 2. The fourth-order valence-corrected chi connectivity index (χ4v) is 1.81. The minimum absolute atomic E-state index is 0.859. The maximum atomic E-state index is 5.42. The van der Waals surface area contributed by atoms with E-state index in [0.29, 0.717) is 0 Å². The number of nitrogens with zero attached hydrogens (tertiary/aromatic N) is 1. The summed E-state index contributed by atoms with van der Waals surface area (Å²) >= 11 is 0. The van der Waals surface area contributed by atoms with E-state index in [0.717, 1.165) is 17.6 Å². The van der Waals surface area contributed by atoms with E-state index in [1.165, 1.54) is 5.56 Å². The van der Waals surface area contributed by atoms with Gasteiger partial charge in [0.15, 0.2) is 0 Å². The summed E-state index contributed by atoms with van der Waals surface area (Å²) in [7, 11) is 0. The molecule has 2 heterocycles. The molecular formula is C13H11NO. The zero-order valence-corrected chi connectivity index (χ0v) is 8.26. The molecule has 0 bridgehead atoms. The number of fused-ring (bicyclic) bond motifs is 1.